The lowest BCUT2D eigenvalue weighted by Gasteiger charge is -2.38. The number of nitrogens with zero attached hydrogens (tertiary/aromatic N) is 4. The molecule has 2 aliphatic rings. The maximum atomic E-state index is 14.5. The van der Waals surface area contributed by atoms with Crippen molar-refractivity contribution in [1.29, 1.82) is 0 Å². The van der Waals surface area contributed by atoms with Gasteiger partial charge in [-0.1, -0.05) is 30.3 Å². The van der Waals surface area contributed by atoms with Crippen LogP contribution >= 0.6 is 0 Å². The highest BCUT2D eigenvalue weighted by Crippen LogP contribution is 2.32. The Morgan fingerprint density at radius 2 is 1.59 bits per heavy atom. The number of amides is 3. The van der Waals surface area contributed by atoms with E-state index < -0.39 is 51.1 Å². The molecule has 3 aromatic rings. The van der Waals surface area contributed by atoms with E-state index in [1.165, 1.54) is 0 Å². The fraction of sp³-hybridized carbons (Fsp3) is 0.286. The van der Waals surface area contributed by atoms with Gasteiger partial charge in [0, 0.05) is 37.6 Å². The molecule has 0 bridgehead atoms. The first kappa shape index (κ1) is 26.6. The Labute approximate surface area is 226 Å². The summed E-state index contributed by atoms with van der Waals surface area (Å²) in [6.07, 6.45) is 0. The van der Waals surface area contributed by atoms with Crippen LogP contribution in [0, 0.1) is 25.5 Å². The van der Waals surface area contributed by atoms with Crippen LogP contribution in [0.2, 0.25) is 0 Å². The molecule has 3 aromatic carbocycles. The van der Waals surface area contributed by atoms with Gasteiger partial charge in [0.05, 0.1) is 6.54 Å². The summed E-state index contributed by atoms with van der Waals surface area (Å²) in [7, 11) is -4.78. The Hall–Kier alpha value is -3.99. The van der Waals surface area contributed by atoms with Gasteiger partial charge in [-0.05, 0) is 61.4 Å². The van der Waals surface area contributed by atoms with Gasteiger partial charge in [-0.2, -0.15) is 0 Å². The van der Waals surface area contributed by atoms with Crippen LogP contribution in [0.5, 0.6) is 0 Å². The van der Waals surface area contributed by atoms with Crippen LogP contribution in [0.25, 0.3) is 0 Å². The van der Waals surface area contributed by atoms with Crippen molar-refractivity contribution >= 4 is 33.3 Å². The lowest BCUT2D eigenvalue weighted by molar-refractivity contribution is -0.132. The molecule has 0 radical (unpaired) electrons. The standard InChI is InChI=1S/C28H28F2N4O4S/c1-19-8-9-20(2)24(16-19)31-12-14-32(15-13-31)27(35)25-18-33(28(36)34(25)22-6-4-3-5-7-22)39(37,38)26-17-21(29)10-11-23(26)30/h3-11,16-17,25H,12-15,18H2,1-2H3/t25-/m0/s1. The van der Waals surface area contributed by atoms with Crippen LogP contribution in [-0.4, -0.2) is 68.3 Å². The van der Waals surface area contributed by atoms with Gasteiger partial charge < -0.3 is 9.80 Å². The van der Waals surface area contributed by atoms with Gasteiger partial charge in [0.1, 0.15) is 22.6 Å². The minimum absolute atomic E-state index is 0.326. The number of carbonyl (C=O) groups is 2. The summed E-state index contributed by atoms with van der Waals surface area (Å²) in [5.74, 6) is -2.56. The molecule has 0 N–H and O–H groups in total. The number of halogens is 2. The molecule has 1 atom stereocenters. The summed E-state index contributed by atoms with van der Waals surface area (Å²) < 4.78 is 55.4. The molecule has 3 amide bonds. The van der Waals surface area contributed by atoms with Crippen LogP contribution in [-0.2, 0) is 14.8 Å². The highest BCUT2D eigenvalue weighted by molar-refractivity contribution is 7.89. The number of rotatable bonds is 5. The van der Waals surface area contributed by atoms with E-state index in [0.717, 1.165) is 27.8 Å². The SMILES string of the molecule is Cc1ccc(C)c(N2CCN(C(=O)[C@@H]3CN(S(=O)(=O)c4cc(F)ccc4F)C(=O)N3c3ccccc3)CC2)c1. The number of piperazine rings is 1. The van der Waals surface area contributed by atoms with Gasteiger partial charge >= 0.3 is 6.03 Å². The van der Waals surface area contributed by atoms with E-state index in [2.05, 4.69) is 17.0 Å². The number of sulfonamides is 1. The predicted octanol–water partition coefficient (Wildman–Crippen LogP) is 3.93. The highest BCUT2D eigenvalue weighted by Gasteiger charge is 2.49. The second-order valence-electron chi connectivity index (χ2n) is 9.72. The average molecular weight is 555 g/mol. The van der Waals surface area contributed by atoms with Crippen molar-refractivity contribution in [3.05, 3.63) is 89.5 Å². The minimum Gasteiger partial charge on any atom is -0.368 e. The fourth-order valence-corrected chi connectivity index (χ4v) is 6.52. The molecule has 2 heterocycles. The first-order chi connectivity index (χ1) is 18.6. The second kappa shape index (κ2) is 10.3. The summed E-state index contributed by atoms with van der Waals surface area (Å²) in [5, 5.41) is 0. The Morgan fingerprint density at radius 3 is 2.28 bits per heavy atom. The number of hydrogen-bond acceptors (Lipinski definition) is 5. The van der Waals surface area contributed by atoms with Gasteiger partial charge in [0.2, 0.25) is 5.91 Å². The van der Waals surface area contributed by atoms with Gasteiger partial charge in [-0.3, -0.25) is 9.69 Å². The van der Waals surface area contributed by atoms with Crippen molar-refractivity contribution in [3.63, 3.8) is 0 Å². The van der Waals surface area contributed by atoms with Crippen LogP contribution in [0.15, 0.2) is 71.6 Å². The lowest BCUT2D eigenvalue weighted by atomic mass is 10.1. The summed E-state index contributed by atoms with van der Waals surface area (Å²) in [6, 6.07) is 14.3. The Morgan fingerprint density at radius 1 is 0.897 bits per heavy atom. The molecule has 2 fully saturated rings. The Kier molecular flexibility index (Phi) is 7.02. The third-order valence-corrected chi connectivity index (χ3v) is 8.90. The molecule has 0 aromatic heterocycles. The molecule has 2 saturated heterocycles. The molecule has 8 nitrogen and oxygen atoms in total. The predicted molar refractivity (Wildman–Crippen MR) is 143 cm³/mol. The summed E-state index contributed by atoms with van der Waals surface area (Å²) in [5.41, 5.74) is 3.68. The molecule has 11 heteroatoms. The summed E-state index contributed by atoms with van der Waals surface area (Å²) in [4.78, 5) is 31.3. The zero-order chi connectivity index (χ0) is 27.9. The zero-order valence-electron chi connectivity index (χ0n) is 21.5. The first-order valence-electron chi connectivity index (χ1n) is 12.5. The summed E-state index contributed by atoms with van der Waals surface area (Å²) >= 11 is 0. The van der Waals surface area contributed by atoms with Crippen molar-refractivity contribution in [1.82, 2.24) is 9.21 Å². The van der Waals surface area contributed by atoms with E-state index in [1.807, 2.05) is 19.9 Å². The molecule has 0 unspecified atom stereocenters. The van der Waals surface area contributed by atoms with Gasteiger partial charge in [-0.25, -0.2) is 26.3 Å². The largest absolute Gasteiger partial charge is 0.368 e. The molecule has 5 rings (SSSR count). The quantitative estimate of drug-likeness (QED) is 0.478. The van der Waals surface area contributed by atoms with E-state index in [1.54, 1.807) is 35.2 Å². The molecular formula is C28H28F2N4O4S. The fourth-order valence-electron chi connectivity index (χ4n) is 5.07. The first-order valence-corrected chi connectivity index (χ1v) is 14.0. The van der Waals surface area contributed by atoms with E-state index >= 15 is 0 Å². The third-order valence-electron chi connectivity index (χ3n) is 7.15. The minimum atomic E-state index is -4.78. The molecule has 0 spiro atoms. The highest BCUT2D eigenvalue weighted by atomic mass is 32.2. The number of anilines is 2. The van der Waals surface area contributed by atoms with Crippen molar-refractivity contribution in [2.45, 2.75) is 24.8 Å². The van der Waals surface area contributed by atoms with E-state index in [9.17, 15) is 26.8 Å². The molecule has 2 aliphatic heterocycles. The van der Waals surface area contributed by atoms with Gasteiger partial charge in [0.15, 0.2) is 0 Å². The second-order valence-corrected chi connectivity index (χ2v) is 11.5. The molecule has 204 valence electrons. The van der Waals surface area contributed by atoms with E-state index in [4.69, 9.17) is 0 Å². The topological polar surface area (TPSA) is 81.2 Å². The van der Waals surface area contributed by atoms with Gasteiger partial charge in [0.25, 0.3) is 10.0 Å². The van der Waals surface area contributed by atoms with Crippen LogP contribution in [0.3, 0.4) is 0 Å². The van der Waals surface area contributed by atoms with Crippen molar-refractivity contribution in [2.24, 2.45) is 0 Å². The zero-order valence-corrected chi connectivity index (χ0v) is 22.4. The van der Waals surface area contributed by atoms with Crippen molar-refractivity contribution in [3.8, 4) is 0 Å². The Balaban J connectivity index is 1.42. The maximum Gasteiger partial charge on any atom is 0.339 e. The number of hydrogen-bond donors (Lipinski definition) is 0. The number of para-hydroxylation sites is 1. The Bertz CT molecular complexity index is 1530. The van der Waals surface area contributed by atoms with Crippen LogP contribution < -0.4 is 9.80 Å². The molecular weight excluding hydrogens is 526 g/mol. The smallest absolute Gasteiger partial charge is 0.339 e. The average Bonchev–Trinajstić information content (AvgIpc) is 3.29. The van der Waals surface area contributed by atoms with E-state index in [-0.39, 0.29) is 0 Å². The normalized spacial score (nSPS) is 18.2. The number of benzene rings is 3. The monoisotopic (exact) mass is 554 g/mol. The number of aryl methyl sites for hydroxylation is 2. The van der Waals surface area contributed by atoms with Gasteiger partial charge in [-0.15, -0.1) is 0 Å². The third kappa shape index (κ3) is 4.94. The number of carbonyl (C=O) groups excluding carboxylic acids is 2. The molecule has 0 aliphatic carbocycles. The van der Waals surface area contributed by atoms with Crippen molar-refractivity contribution < 1.29 is 26.8 Å². The van der Waals surface area contributed by atoms with Crippen molar-refractivity contribution in [2.75, 3.05) is 42.5 Å². The molecule has 0 saturated carbocycles. The molecule has 39 heavy (non-hydrogen) atoms. The number of urea groups is 1. The van der Waals surface area contributed by atoms with E-state index in [0.29, 0.717) is 48.3 Å². The van der Waals surface area contributed by atoms with Crippen LogP contribution in [0.1, 0.15) is 11.1 Å². The van der Waals surface area contributed by atoms with Crippen LogP contribution in [0.4, 0.5) is 25.0 Å². The summed E-state index contributed by atoms with van der Waals surface area (Å²) in [6.45, 7) is 5.42. The lowest BCUT2D eigenvalue weighted by Crippen LogP contribution is -2.55. The maximum absolute atomic E-state index is 14.5.